The van der Waals surface area contributed by atoms with Gasteiger partial charge in [0.1, 0.15) is 0 Å². The topological polar surface area (TPSA) is 59.0 Å². The minimum atomic E-state index is -0.652. The van der Waals surface area contributed by atoms with Crippen molar-refractivity contribution in [2.75, 3.05) is 6.61 Å². The van der Waals surface area contributed by atoms with E-state index >= 15 is 0 Å². The van der Waals surface area contributed by atoms with E-state index in [-0.39, 0.29) is 12.6 Å². The molecule has 5 nitrogen and oxygen atoms in total. The molecule has 0 aliphatic heterocycles. The lowest BCUT2D eigenvalue weighted by atomic mass is 10.1. The number of hydrogen-bond acceptors (Lipinski definition) is 4. The fourth-order valence-corrected chi connectivity index (χ4v) is 1.47. The van der Waals surface area contributed by atoms with Gasteiger partial charge >= 0.3 is 6.09 Å². The summed E-state index contributed by atoms with van der Waals surface area (Å²) in [7, 11) is 0. The molecule has 0 rings (SSSR count). The largest absolute Gasteiger partial charge is 0.448 e. The molecule has 0 fully saturated rings. The van der Waals surface area contributed by atoms with Gasteiger partial charge in [-0.2, -0.15) is 5.01 Å². The summed E-state index contributed by atoms with van der Waals surface area (Å²) in [5.41, 5.74) is 0. The molecule has 16 heavy (non-hydrogen) atoms. The van der Waals surface area contributed by atoms with Gasteiger partial charge in [0.2, 0.25) is 0 Å². The van der Waals surface area contributed by atoms with Crippen LogP contribution in [-0.2, 0) is 4.74 Å². The van der Waals surface area contributed by atoms with E-state index < -0.39 is 6.09 Å². The Kier molecular flexibility index (Phi) is 8.48. The first-order valence-corrected chi connectivity index (χ1v) is 5.96. The molecule has 0 bridgehead atoms. The van der Waals surface area contributed by atoms with Crippen LogP contribution in [0.5, 0.6) is 0 Å². The Morgan fingerprint density at radius 1 is 1.31 bits per heavy atom. The molecule has 0 aromatic heterocycles. The fourth-order valence-electron chi connectivity index (χ4n) is 1.47. The minimum Gasteiger partial charge on any atom is -0.448 e. The van der Waals surface area contributed by atoms with Crippen LogP contribution in [0.25, 0.3) is 0 Å². The van der Waals surface area contributed by atoms with Gasteiger partial charge < -0.3 is 4.74 Å². The smallest absolute Gasteiger partial charge is 0.433 e. The van der Waals surface area contributed by atoms with E-state index in [1.165, 1.54) is 12.8 Å². The van der Waals surface area contributed by atoms with E-state index in [1.807, 2.05) is 6.92 Å². The van der Waals surface area contributed by atoms with Crippen molar-refractivity contribution in [3.05, 3.63) is 4.91 Å². The predicted molar refractivity (Wildman–Crippen MR) is 62.9 cm³/mol. The van der Waals surface area contributed by atoms with Crippen LogP contribution in [0.4, 0.5) is 4.79 Å². The van der Waals surface area contributed by atoms with Crippen molar-refractivity contribution in [2.24, 2.45) is 5.29 Å². The maximum Gasteiger partial charge on any atom is 0.433 e. The summed E-state index contributed by atoms with van der Waals surface area (Å²) in [6.07, 6.45) is 4.60. The summed E-state index contributed by atoms with van der Waals surface area (Å²) in [5.74, 6) is 0. The Labute approximate surface area is 97.1 Å². The number of nitrogens with zero attached hydrogens (tertiary/aromatic N) is 2. The van der Waals surface area contributed by atoms with Crippen molar-refractivity contribution in [2.45, 2.75) is 58.9 Å². The van der Waals surface area contributed by atoms with Gasteiger partial charge in [0.05, 0.1) is 17.9 Å². The van der Waals surface area contributed by atoms with Gasteiger partial charge in [-0.1, -0.05) is 32.6 Å². The molecule has 0 heterocycles. The van der Waals surface area contributed by atoms with Gasteiger partial charge in [0.25, 0.3) is 0 Å². The van der Waals surface area contributed by atoms with Crippen LogP contribution in [0.1, 0.15) is 52.9 Å². The standard InChI is InChI=1S/C11H22N2O3/c1-4-6-7-8-9-10(3)13(12-15)11(14)16-5-2/h10H,4-9H2,1-3H3/t10-/m1/s1. The second kappa shape index (κ2) is 9.12. The Hall–Kier alpha value is -1.13. The van der Waals surface area contributed by atoms with Gasteiger partial charge in [-0.25, -0.2) is 4.79 Å². The zero-order chi connectivity index (χ0) is 12.4. The van der Waals surface area contributed by atoms with Crippen LogP contribution in [-0.4, -0.2) is 23.8 Å². The highest BCUT2D eigenvalue weighted by Crippen LogP contribution is 2.12. The molecule has 0 aromatic rings. The lowest BCUT2D eigenvalue weighted by Crippen LogP contribution is -2.34. The second-order valence-electron chi connectivity index (χ2n) is 3.82. The molecule has 0 aliphatic rings. The molecule has 0 radical (unpaired) electrons. The van der Waals surface area contributed by atoms with Gasteiger partial charge in [-0.3, -0.25) is 0 Å². The van der Waals surface area contributed by atoms with Crippen molar-refractivity contribution in [3.63, 3.8) is 0 Å². The maximum atomic E-state index is 11.3. The van der Waals surface area contributed by atoms with Crippen molar-refractivity contribution in [1.82, 2.24) is 5.01 Å². The molecule has 0 spiro atoms. The number of carbonyl (C=O) groups is 1. The van der Waals surface area contributed by atoms with E-state index in [0.29, 0.717) is 0 Å². The monoisotopic (exact) mass is 230 g/mol. The maximum absolute atomic E-state index is 11.3. The molecule has 0 aliphatic carbocycles. The Balaban J connectivity index is 3.95. The zero-order valence-corrected chi connectivity index (χ0v) is 10.4. The summed E-state index contributed by atoms with van der Waals surface area (Å²) in [5, 5.41) is 3.60. The highest BCUT2D eigenvalue weighted by molar-refractivity contribution is 5.67. The SMILES string of the molecule is CCCCCC[C@@H](C)N(N=O)C(=O)OCC. The Bertz CT molecular complexity index is 209. The molecule has 0 aromatic carbocycles. The molecule has 94 valence electrons. The number of carbonyl (C=O) groups excluding carboxylic acids is 1. The molecule has 0 N–H and O–H groups in total. The van der Waals surface area contributed by atoms with Crippen molar-refractivity contribution in [1.29, 1.82) is 0 Å². The number of amides is 1. The van der Waals surface area contributed by atoms with Crippen molar-refractivity contribution in [3.8, 4) is 0 Å². The molecular formula is C11H22N2O3. The number of nitroso groups, excluding NO2 is 1. The average Bonchev–Trinajstić information content (AvgIpc) is 2.26. The van der Waals surface area contributed by atoms with Gasteiger partial charge in [0.15, 0.2) is 0 Å². The van der Waals surface area contributed by atoms with E-state index in [2.05, 4.69) is 12.2 Å². The third-order valence-electron chi connectivity index (χ3n) is 2.44. The lowest BCUT2D eigenvalue weighted by Gasteiger charge is -2.19. The number of rotatable bonds is 8. The van der Waals surface area contributed by atoms with Gasteiger partial charge in [0, 0.05) is 0 Å². The van der Waals surface area contributed by atoms with Crippen LogP contribution in [0.3, 0.4) is 0 Å². The average molecular weight is 230 g/mol. The molecular weight excluding hydrogens is 208 g/mol. The molecule has 0 saturated heterocycles. The molecule has 5 heteroatoms. The second-order valence-corrected chi connectivity index (χ2v) is 3.82. The van der Waals surface area contributed by atoms with E-state index in [9.17, 15) is 9.70 Å². The van der Waals surface area contributed by atoms with Crippen LogP contribution < -0.4 is 0 Å². The van der Waals surface area contributed by atoms with E-state index in [1.54, 1.807) is 6.92 Å². The molecule has 0 saturated carbocycles. The lowest BCUT2D eigenvalue weighted by molar-refractivity contribution is 0.0914. The normalized spacial score (nSPS) is 11.9. The third-order valence-corrected chi connectivity index (χ3v) is 2.44. The summed E-state index contributed by atoms with van der Waals surface area (Å²) in [4.78, 5) is 21.8. The number of unbranched alkanes of at least 4 members (excludes halogenated alkanes) is 3. The Morgan fingerprint density at radius 3 is 2.50 bits per heavy atom. The summed E-state index contributed by atoms with van der Waals surface area (Å²) < 4.78 is 4.74. The van der Waals surface area contributed by atoms with E-state index in [4.69, 9.17) is 4.74 Å². The highest BCUT2D eigenvalue weighted by atomic mass is 16.6. The first-order chi connectivity index (χ1) is 7.67. The minimum absolute atomic E-state index is 0.187. The number of hydrogen-bond donors (Lipinski definition) is 0. The quantitative estimate of drug-likeness (QED) is 0.364. The zero-order valence-electron chi connectivity index (χ0n) is 10.4. The van der Waals surface area contributed by atoms with Crippen molar-refractivity contribution < 1.29 is 9.53 Å². The predicted octanol–water partition coefficient (Wildman–Crippen LogP) is 3.49. The number of ether oxygens (including phenoxy) is 1. The van der Waals surface area contributed by atoms with Crippen LogP contribution >= 0.6 is 0 Å². The third kappa shape index (κ3) is 5.68. The van der Waals surface area contributed by atoms with Crippen LogP contribution in [0, 0.1) is 4.91 Å². The molecule has 1 amide bonds. The summed E-state index contributed by atoms with van der Waals surface area (Å²) in [6.45, 7) is 5.91. The van der Waals surface area contributed by atoms with Crippen LogP contribution in [0.2, 0.25) is 0 Å². The van der Waals surface area contributed by atoms with Gasteiger partial charge in [-0.15, -0.1) is 4.91 Å². The highest BCUT2D eigenvalue weighted by Gasteiger charge is 2.21. The van der Waals surface area contributed by atoms with Crippen molar-refractivity contribution >= 4 is 6.09 Å². The van der Waals surface area contributed by atoms with Crippen LogP contribution in [0.15, 0.2) is 5.29 Å². The summed E-state index contributed by atoms with van der Waals surface area (Å²) in [6, 6.07) is -0.187. The van der Waals surface area contributed by atoms with Gasteiger partial charge in [-0.05, 0) is 20.3 Å². The summed E-state index contributed by atoms with van der Waals surface area (Å²) >= 11 is 0. The first-order valence-electron chi connectivity index (χ1n) is 5.96. The Morgan fingerprint density at radius 2 is 2.00 bits per heavy atom. The first kappa shape index (κ1) is 14.9. The fraction of sp³-hybridized carbons (Fsp3) is 0.909. The molecule has 1 atom stereocenters. The molecule has 0 unspecified atom stereocenters. The van der Waals surface area contributed by atoms with E-state index in [0.717, 1.165) is 24.3 Å².